The Labute approximate surface area is 113 Å². The molecule has 1 atom stereocenters. The van der Waals surface area contributed by atoms with E-state index < -0.39 is 0 Å². The number of ether oxygens (including phenoxy) is 1. The van der Waals surface area contributed by atoms with Crippen LogP contribution in [0.3, 0.4) is 0 Å². The van der Waals surface area contributed by atoms with Gasteiger partial charge in [0.1, 0.15) is 5.75 Å². The number of fused-ring (bicyclic) bond motifs is 1. The van der Waals surface area contributed by atoms with E-state index in [-0.39, 0.29) is 18.6 Å². The van der Waals surface area contributed by atoms with Gasteiger partial charge in [0, 0.05) is 19.1 Å². The summed E-state index contributed by atoms with van der Waals surface area (Å²) in [5.74, 6) is 0.640. The molecule has 104 valence electrons. The lowest BCUT2D eigenvalue weighted by Crippen LogP contribution is -2.29. The summed E-state index contributed by atoms with van der Waals surface area (Å²) >= 11 is 0. The van der Waals surface area contributed by atoms with Gasteiger partial charge in [-0.3, -0.25) is 4.79 Å². The Hall–Kier alpha value is -1.59. The number of nitrogens with one attached hydrogen (secondary N) is 2. The van der Waals surface area contributed by atoms with Crippen LogP contribution in [0.1, 0.15) is 18.5 Å². The van der Waals surface area contributed by atoms with Crippen LogP contribution in [0.2, 0.25) is 0 Å². The van der Waals surface area contributed by atoms with Crippen molar-refractivity contribution in [2.24, 2.45) is 0 Å². The molecule has 0 aromatic heterocycles. The molecule has 1 heterocycles. The third-order valence-corrected chi connectivity index (χ3v) is 3.15. The average molecular weight is 263 g/mol. The SMILES string of the molecule is CC(NCCN(C)C)c1ccc2c(c1)NC(=O)CO2. The molecule has 0 radical (unpaired) electrons. The molecule has 0 saturated heterocycles. The third-order valence-electron chi connectivity index (χ3n) is 3.15. The zero-order chi connectivity index (χ0) is 13.8. The predicted molar refractivity (Wildman–Crippen MR) is 75.5 cm³/mol. The summed E-state index contributed by atoms with van der Waals surface area (Å²) in [7, 11) is 4.11. The lowest BCUT2D eigenvalue weighted by atomic mass is 10.1. The van der Waals surface area contributed by atoms with Gasteiger partial charge in [-0.25, -0.2) is 0 Å². The fraction of sp³-hybridized carbons (Fsp3) is 0.500. The average Bonchev–Trinajstić information content (AvgIpc) is 2.37. The number of likely N-dealkylation sites (N-methyl/N-ethyl adjacent to an activating group) is 1. The van der Waals surface area contributed by atoms with Gasteiger partial charge < -0.3 is 20.3 Å². The molecule has 2 rings (SSSR count). The summed E-state index contributed by atoms with van der Waals surface area (Å²) < 4.78 is 5.34. The summed E-state index contributed by atoms with van der Waals surface area (Å²) in [6, 6.07) is 6.15. The van der Waals surface area contributed by atoms with Gasteiger partial charge in [0.15, 0.2) is 6.61 Å². The molecule has 0 spiro atoms. The maximum absolute atomic E-state index is 11.3. The minimum atomic E-state index is -0.0992. The van der Waals surface area contributed by atoms with E-state index in [1.54, 1.807) is 0 Å². The van der Waals surface area contributed by atoms with E-state index >= 15 is 0 Å². The number of amides is 1. The van der Waals surface area contributed by atoms with Crippen LogP contribution >= 0.6 is 0 Å². The smallest absolute Gasteiger partial charge is 0.262 e. The molecular weight excluding hydrogens is 242 g/mol. The maximum Gasteiger partial charge on any atom is 0.262 e. The summed E-state index contributed by atoms with van der Waals surface area (Å²) in [6.45, 7) is 4.13. The zero-order valence-corrected chi connectivity index (χ0v) is 11.7. The molecule has 0 saturated carbocycles. The first-order valence-electron chi connectivity index (χ1n) is 6.51. The molecule has 1 amide bonds. The molecule has 1 aliphatic rings. The van der Waals surface area contributed by atoms with Gasteiger partial charge in [-0.05, 0) is 38.7 Å². The second kappa shape index (κ2) is 6.04. The highest BCUT2D eigenvalue weighted by molar-refractivity contribution is 5.95. The Bertz CT molecular complexity index is 460. The standard InChI is InChI=1S/C14H21N3O2/c1-10(15-6-7-17(2)3)11-4-5-13-12(8-11)16-14(18)9-19-13/h4-5,8,10,15H,6-7,9H2,1-3H3,(H,16,18). The van der Waals surface area contributed by atoms with Crippen LogP contribution in [0, 0.1) is 0 Å². The van der Waals surface area contributed by atoms with Gasteiger partial charge >= 0.3 is 0 Å². The van der Waals surface area contributed by atoms with Crippen LogP contribution in [-0.4, -0.2) is 44.6 Å². The van der Waals surface area contributed by atoms with Crippen molar-refractivity contribution in [2.45, 2.75) is 13.0 Å². The lowest BCUT2D eigenvalue weighted by molar-refractivity contribution is -0.118. The fourth-order valence-electron chi connectivity index (χ4n) is 1.99. The van der Waals surface area contributed by atoms with Crippen molar-refractivity contribution in [1.29, 1.82) is 0 Å². The Morgan fingerprint density at radius 2 is 2.26 bits per heavy atom. The molecule has 2 N–H and O–H groups in total. The topological polar surface area (TPSA) is 53.6 Å². The van der Waals surface area contributed by atoms with E-state index in [2.05, 4.69) is 36.6 Å². The van der Waals surface area contributed by atoms with E-state index in [4.69, 9.17) is 4.74 Å². The number of benzene rings is 1. The first-order chi connectivity index (χ1) is 9.06. The fourth-order valence-corrected chi connectivity index (χ4v) is 1.99. The molecule has 1 aliphatic heterocycles. The number of hydrogen-bond acceptors (Lipinski definition) is 4. The highest BCUT2D eigenvalue weighted by Gasteiger charge is 2.17. The van der Waals surface area contributed by atoms with Gasteiger partial charge in [0.05, 0.1) is 5.69 Å². The van der Waals surface area contributed by atoms with E-state index in [1.807, 2.05) is 18.2 Å². The van der Waals surface area contributed by atoms with Gasteiger partial charge in [-0.1, -0.05) is 6.07 Å². The van der Waals surface area contributed by atoms with Crippen LogP contribution in [0.15, 0.2) is 18.2 Å². The number of hydrogen-bond donors (Lipinski definition) is 2. The first-order valence-corrected chi connectivity index (χ1v) is 6.51. The molecule has 0 fully saturated rings. The number of carbonyl (C=O) groups is 1. The highest BCUT2D eigenvalue weighted by atomic mass is 16.5. The Balaban J connectivity index is 2.00. The largest absolute Gasteiger partial charge is 0.482 e. The minimum Gasteiger partial charge on any atom is -0.482 e. The number of rotatable bonds is 5. The third kappa shape index (κ3) is 3.68. The van der Waals surface area contributed by atoms with Crippen molar-refractivity contribution >= 4 is 11.6 Å². The maximum atomic E-state index is 11.3. The van der Waals surface area contributed by atoms with Crippen molar-refractivity contribution in [1.82, 2.24) is 10.2 Å². The Kier molecular flexibility index (Phi) is 4.39. The van der Waals surface area contributed by atoms with Crippen molar-refractivity contribution in [3.05, 3.63) is 23.8 Å². The Morgan fingerprint density at radius 3 is 3.00 bits per heavy atom. The van der Waals surface area contributed by atoms with E-state index in [9.17, 15) is 4.79 Å². The summed E-state index contributed by atoms with van der Waals surface area (Å²) in [5.41, 5.74) is 1.90. The van der Waals surface area contributed by atoms with Gasteiger partial charge in [-0.2, -0.15) is 0 Å². The van der Waals surface area contributed by atoms with E-state index in [0.29, 0.717) is 0 Å². The molecule has 1 unspecified atom stereocenters. The van der Waals surface area contributed by atoms with Crippen LogP contribution in [0.5, 0.6) is 5.75 Å². The predicted octanol–water partition coefficient (Wildman–Crippen LogP) is 1.23. The van der Waals surface area contributed by atoms with Crippen molar-refractivity contribution in [2.75, 3.05) is 39.1 Å². The van der Waals surface area contributed by atoms with Crippen molar-refractivity contribution in [3.63, 3.8) is 0 Å². The van der Waals surface area contributed by atoms with Gasteiger partial charge in [0.2, 0.25) is 0 Å². The van der Waals surface area contributed by atoms with Crippen LogP contribution in [0.4, 0.5) is 5.69 Å². The number of anilines is 1. The molecule has 1 aromatic rings. The molecule has 0 bridgehead atoms. The number of carbonyl (C=O) groups excluding carboxylic acids is 1. The van der Waals surface area contributed by atoms with Crippen LogP contribution < -0.4 is 15.4 Å². The molecule has 1 aromatic carbocycles. The molecule has 19 heavy (non-hydrogen) atoms. The van der Waals surface area contributed by atoms with Crippen molar-refractivity contribution < 1.29 is 9.53 Å². The van der Waals surface area contributed by atoms with Crippen LogP contribution in [-0.2, 0) is 4.79 Å². The second-order valence-electron chi connectivity index (χ2n) is 5.07. The van der Waals surface area contributed by atoms with E-state index in [0.717, 1.165) is 30.1 Å². The Morgan fingerprint density at radius 1 is 1.47 bits per heavy atom. The van der Waals surface area contributed by atoms with E-state index in [1.165, 1.54) is 0 Å². The highest BCUT2D eigenvalue weighted by Crippen LogP contribution is 2.30. The van der Waals surface area contributed by atoms with Crippen molar-refractivity contribution in [3.8, 4) is 5.75 Å². The van der Waals surface area contributed by atoms with Gasteiger partial charge in [-0.15, -0.1) is 0 Å². The molecule has 5 heteroatoms. The summed E-state index contributed by atoms with van der Waals surface area (Å²) in [6.07, 6.45) is 0. The zero-order valence-electron chi connectivity index (χ0n) is 11.7. The first kappa shape index (κ1) is 13.8. The normalized spacial score (nSPS) is 15.7. The monoisotopic (exact) mass is 263 g/mol. The summed E-state index contributed by atoms with van der Waals surface area (Å²) in [5, 5.41) is 6.28. The summed E-state index contributed by atoms with van der Waals surface area (Å²) in [4.78, 5) is 13.4. The van der Waals surface area contributed by atoms with Crippen LogP contribution in [0.25, 0.3) is 0 Å². The minimum absolute atomic E-state index is 0.0992. The molecule has 0 aliphatic carbocycles. The number of nitrogens with zero attached hydrogens (tertiary/aromatic N) is 1. The van der Waals surface area contributed by atoms with Gasteiger partial charge in [0.25, 0.3) is 5.91 Å². The lowest BCUT2D eigenvalue weighted by Gasteiger charge is -2.21. The molecular formula is C14H21N3O2. The quantitative estimate of drug-likeness (QED) is 0.839. The second-order valence-corrected chi connectivity index (χ2v) is 5.07. The molecule has 5 nitrogen and oxygen atoms in total.